The zero-order chi connectivity index (χ0) is 24.9. The second-order valence-corrected chi connectivity index (χ2v) is 7.88. The van der Waals surface area contributed by atoms with Crippen LogP contribution in [0.1, 0.15) is 31.4 Å². The molecule has 2 aliphatic heterocycles. The van der Waals surface area contributed by atoms with E-state index in [1.54, 1.807) is 36.1 Å². The number of nitrogens with one attached hydrogen (secondary N) is 3. The van der Waals surface area contributed by atoms with Crippen LogP contribution in [-0.2, 0) is 14.3 Å². The maximum absolute atomic E-state index is 12.9. The van der Waals surface area contributed by atoms with Gasteiger partial charge in [0.1, 0.15) is 12.3 Å². The molecule has 186 valence electrons. The number of benzene rings is 1. The number of likely N-dealkylation sites (tertiary alicyclic amines) is 1. The quantitative estimate of drug-likeness (QED) is 0.487. The lowest BCUT2D eigenvalue weighted by molar-refractivity contribution is -0.141. The van der Waals surface area contributed by atoms with Gasteiger partial charge >= 0.3 is 18.2 Å². The molecular formula is C22H27F3N4O5. The Labute approximate surface area is 194 Å². The molecule has 0 aromatic heterocycles. The molecule has 2 unspecified atom stereocenters. The molecule has 3 rings (SSSR count). The standard InChI is InChI=1S/C22H27F3N4O5/c1-3-34-20(31)17-15(11-29-10-4-5-16(29)19(30)26-12-22(23,24)25)27-21(32)28-18(17)13-6-8-14(33-2)9-7-13/h6-9,16,18H,3-5,10-12H2,1-2H3,(H,26,30)(H2,27,28,32). The largest absolute Gasteiger partial charge is 0.497 e. The van der Waals surface area contributed by atoms with Crippen molar-refractivity contribution in [1.82, 2.24) is 20.9 Å². The van der Waals surface area contributed by atoms with Crippen LogP contribution in [0.2, 0.25) is 0 Å². The van der Waals surface area contributed by atoms with E-state index in [0.717, 1.165) is 0 Å². The van der Waals surface area contributed by atoms with E-state index in [1.165, 1.54) is 7.11 Å². The van der Waals surface area contributed by atoms with E-state index >= 15 is 0 Å². The van der Waals surface area contributed by atoms with Crippen LogP contribution in [0.3, 0.4) is 0 Å². The molecule has 2 aliphatic rings. The Morgan fingerprint density at radius 1 is 1.24 bits per heavy atom. The minimum atomic E-state index is -4.52. The summed E-state index contributed by atoms with van der Waals surface area (Å²) < 4.78 is 48.0. The van der Waals surface area contributed by atoms with Crippen molar-refractivity contribution in [3.63, 3.8) is 0 Å². The van der Waals surface area contributed by atoms with Gasteiger partial charge in [-0.05, 0) is 44.0 Å². The Bertz CT molecular complexity index is 949. The summed E-state index contributed by atoms with van der Waals surface area (Å²) in [7, 11) is 1.51. The monoisotopic (exact) mass is 484 g/mol. The van der Waals surface area contributed by atoms with Crippen LogP contribution in [0, 0.1) is 0 Å². The van der Waals surface area contributed by atoms with Crippen LogP contribution in [0.4, 0.5) is 18.0 Å². The van der Waals surface area contributed by atoms with Crippen LogP contribution in [0.5, 0.6) is 5.75 Å². The number of halogens is 3. The molecule has 1 saturated heterocycles. The first-order chi connectivity index (χ1) is 16.1. The van der Waals surface area contributed by atoms with E-state index in [0.29, 0.717) is 30.7 Å². The average Bonchev–Trinajstić information content (AvgIpc) is 3.25. The first-order valence-electron chi connectivity index (χ1n) is 10.8. The first kappa shape index (κ1) is 25.3. The van der Waals surface area contributed by atoms with Gasteiger partial charge in [-0.15, -0.1) is 0 Å². The third-order valence-electron chi connectivity index (χ3n) is 5.59. The second kappa shape index (κ2) is 10.8. The van der Waals surface area contributed by atoms with Crippen LogP contribution in [0.15, 0.2) is 35.5 Å². The summed E-state index contributed by atoms with van der Waals surface area (Å²) in [4.78, 5) is 39.4. The molecule has 1 aromatic rings. The van der Waals surface area contributed by atoms with Gasteiger partial charge in [-0.1, -0.05) is 12.1 Å². The van der Waals surface area contributed by atoms with E-state index in [9.17, 15) is 27.6 Å². The number of hydrogen-bond acceptors (Lipinski definition) is 6. The number of amides is 3. The van der Waals surface area contributed by atoms with Gasteiger partial charge < -0.3 is 25.4 Å². The van der Waals surface area contributed by atoms with Crippen LogP contribution >= 0.6 is 0 Å². The summed E-state index contributed by atoms with van der Waals surface area (Å²) in [5.74, 6) is -0.807. The highest BCUT2D eigenvalue weighted by atomic mass is 19.4. The first-order valence-corrected chi connectivity index (χ1v) is 10.8. The molecule has 34 heavy (non-hydrogen) atoms. The van der Waals surface area contributed by atoms with Crippen molar-refractivity contribution in [3.05, 3.63) is 41.1 Å². The van der Waals surface area contributed by atoms with Gasteiger partial charge in [0.05, 0.1) is 31.4 Å². The van der Waals surface area contributed by atoms with Gasteiger partial charge in [-0.25, -0.2) is 9.59 Å². The summed E-state index contributed by atoms with van der Waals surface area (Å²) in [5.41, 5.74) is 1.00. The van der Waals surface area contributed by atoms with Crippen molar-refractivity contribution < 1.29 is 37.0 Å². The molecule has 0 bridgehead atoms. The van der Waals surface area contributed by atoms with Crippen molar-refractivity contribution in [2.75, 3.05) is 33.4 Å². The number of nitrogens with zero attached hydrogens (tertiary/aromatic N) is 1. The molecule has 1 aromatic carbocycles. The van der Waals surface area contributed by atoms with E-state index in [2.05, 4.69) is 10.6 Å². The van der Waals surface area contributed by atoms with Crippen molar-refractivity contribution in [2.45, 2.75) is 38.0 Å². The van der Waals surface area contributed by atoms with Crippen LogP contribution < -0.4 is 20.7 Å². The molecule has 0 spiro atoms. The smallest absolute Gasteiger partial charge is 0.405 e. The third kappa shape index (κ3) is 6.19. The topological polar surface area (TPSA) is 109 Å². The summed E-state index contributed by atoms with van der Waals surface area (Å²) >= 11 is 0. The average molecular weight is 484 g/mol. The number of alkyl halides is 3. The molecule has 3 amide bonds. The van der Waals surface area contributed by atoms with Crippen LogP contribution in [0.25, 0.3) is 0 Å². The zero-order valence-electron chi connectivity index (χ0n) is 18.8. The fraction of sp³-hybridized carbons (Fsp3) is 0.500. The Morgan fingerprint density at radius 3 is 2.56 bits per heavy atom. The van der Waals surface area contributed by atoms with E-state index in [4.69, 9.17) is 9.47 Å². The van der Waals surface area contributed by atoms with Gasteiger partial charge in [0.15, 0.2) is 0 Å². The van der Waals surface area contributed by atoms with Gasteiger partial charge in [0.2, 0.25) is 5.91 Å². The number of hydrogen-bond donors (Lipinski definition) is 3. The van der Waals surface area contributed by atoms with Crippen molar-refractivity contribution in [3.8, 4) is 5.75 Å². The molecule has 2 atom stereocenters. The minimum absolute atomic E-state index is 0.0155. The Kier molecular flexibility index (Phi) is 8.02. The summed E-state index contributed by atoms with van der Waals surface area (Å²) in [6.07, 6.45) is -3.58. The Balaban J connectivity index is 1.90. The lowest BCUT2D eigenvalue weighted by Crippen LogP contribution is -2.51. The molecular weight excluding hydrogens is 457 g/mol. The maximum Gasteiger partial charge on any atom is 0.405 e. The third-order valence-corrected chi connectivity index (χ3v) is 5.59. The Hall–Kier alpha value is -3.28. The maximum atomic E-state index is 12.9. The number of ether oxygens (including phenoxy) is 2. The second-order valence-electron chi connectivity index (χ2n) is 7.88. The highest BCUT2D eigenvalue weighted by Gasteiger charge is 2.38. The molecule has 0 saturated carbocycles. The van der Waals surface area contributed by atoms with Crippen LogP contribution in [-0.4, -0.2) is 68.4 Å². The Morgan fingerprint density at radius 2 is 1.94 bits per heavy atom. The fourth-order valence-electron chi connectivity index (χ4n) is 4.06. The van der Waals surface area contributed by atoms with Crippen molar-refractivity contribution in [2.24, 2.45) is 0 Å². The number of carbonyl (C=O) groups is 3. The summed E-state index contributed by atoms with van der Waals surface area (Å²) in [6.45, 7) is 0.730. The number of esters is 1. The van der Waals surface area contributed by atoms with E-state index in [-0.39, 0.29) is 24.4 Å². The van der Waals surface area contributed by atoms with Gasteiger partial charge in [-0.2, -0.15) is 13.2 Å². The summed E-state index contributed by atoms with van der Waals surface area (Å²) in [6, 6.07) is 4.59. The molecule has 3 N–H and O–H groups in total. The number of urea groups is 1. The predicted octanol–water partition coefficient (Wildman–Crippen LogP) is 2.01. The van der Waals surface area contributed by atoms with Gasteiger partial charge in [0, 0.05) is 12.2 Å². The van der Waals surface area contributed by atoms with Crippen molar-refractivity contribution in [1.29, 1.82) is 0 Å². The highest BCUT2D eigenvalue weighted by molar-refractivity contribution is 5.95. The number of carbonyl (C=O) groups excluding carboxylic acids is 3. The molecule has 0 aliphatic carbocycles. The predicted molar refractivity (Wildman–Crippen MR) is 115 cm³/mol. The molecule has 12 heteroatoms. The zero-order valence-corrected chi connectivity index (χ0v) is 18.8. The van der Waals surface area contributed by atoms with Gasteiger partial charge in [0.25, 0.3) is 0 Å². The fourth-order valence-corrected chi connectivity index (χ4v) is 4.06. The molecule has 2 heterocycles. The lowest BCUT2D eigenvalue weighted by Gasteiger charge is -2.32. The SMILES string of the molecule is CCOC(=O)C1=C(CN2CCCC2C(=O)NCC(F)(F)F)NC(=O)NC1c1ccc(OC)cc1. The summed E-state index contributed by atoms with van der Waals surface area (Å²) in [5, 5.41) is 7.25. The lowest BCUT2D eigenvalue weighted by atomic mass is 9.94. The van der Waals surface area contributed by atoms with E-state index in [1.807, 2.05) is 5.32 Å². The highest BCUT2D eigenvalue weighted by Crippen LogP contribution is 2.30. The normalized spacial score (nSPS) is 21.0. The van der Waals surface area contributed by atoms with E-state index < -0.39 is 42.7 Å². The van der Waals surface area contributed by atoms with Gasteiger partial charge in [-0.3, -0.25) is 9.69 Å². The molecule has 9 nitrogen and oxygen atoms in total. The minimum Gasteiger partial charge on any atom is -0.497 e. The number of rotatable bonds is 8. The molecule has 0 radical (unpaired) electrons. The number of methoxy groups -OCH3 is 1. The molecule has 1 fully saturated rings. The van der Waals surface area contributed by atoms with Crippen molar-refractivity contribution >= 4 is 17.9 Å².